The van der Waals surface area contributed by atoms with Crippen molar-refractivity contribution in [3.05, 3.63) is 64.0 Å². The molecule has 2 aromatic carbocycles. The van der Waals surface area contributed by atoms with Crippen molar-refractivity contribution in [2.45, 2.75) is 26.2 Å². The maximum Gasteiger partial charge on any atom is 0.268 e. The molecule has 7 heteroatoms. The Hall–Kier alpha value is -3.06. The quantitative estimate of drug-likeness (QED) is 0.609. The van der Waals surface area contributed by atoms with E-state index in [1.165, 1.54) is 16.9 Å². The zero-order valence-corrected chi connectivity index (χ0v) is 17.2. The lowest BCUT2D eigenvalue weighted by Crippen LogP contribution is -2.35. The van der Waals surface area contributed by atoms with Gasteiger partial charge in [0, 0.05) is 7.05 Å². The van der Waals surface area contributed by atoms with Gasteiger partial charge in [-0.15, -0.1) is 0 Å². The number of benzene rings is 2. The summed E-state index contributed by atoms with van der Waals surface area (Å²) in [7, 11) is 1.86. The SMILES string of the molecule is CCCCc1ccc2c(c1)sc(=NC(=O)CN1C(=O)c3ccccc3C1=O)n2C. The van der Waals surface area contributed by atoms with Crippen LogP contribution in [0.1, 0.15) is 46.0 Å². The number of thiazole rings is 1. The summed E-state index contributed by atoms with van der Waals surface area (Å²) < 4.78 is 2.93. The normalized spacial score (nSPS) is 14.1. The lowest BCUT2D eigenvalue weighted by atomic mass is 10.1. The molecule has 148 valence electrons. The number of rotatable bonds is 5. The summed E-state index contributed by atoms with van der Waals surface area (Å²) in [6.45, 7) is 1.81. The fourth-order valence-electron chi connectivity index (χ4n) is 3.48. The van der Waals surface area contributed by atoms with E-state index in [4.69, 9.17) is 0 Å². The first-order valence-corrected chi connectivity index (χ1v) is 10.4. The number of amides is 3. The molecule has 0 radical (unpaired) electrons. The molecular weight excluding hydrogens is 386 g/mol. The summed E-state index contributed by atoms with van der Waals surface area (Å²) in [6.07, 6.45) is 3.31. The van der Waals surface area contributed by atoms with Crippen molar-refractivity contribution < 1.29 is 14.4 Å². The summed E-state index contributed by atoms with van der Waals surface area (Å²) >= 11 is 1.43. The van der Waals surface area contributed by atoms with Gasteiger partial charge in [0.2, 0.25) is 0 Å². The van der Waals surface area contributed by atoms with Gasteiger partial charge in [0.15, 0.2) is 4.80 Å². The van der Waals surface area contributed by atoms with Gasteiger partial charge in [-0.25, -0.2) is 0 Å². The molecule has 0 unspecified atom stereocenters. The van der Waals surface area contributed by atoms with Gasteiger partial charge in [0.05, 0.1) is 21.3 Å². The molecule has 1 aromatic heterocycles. The molecule has 0 bridgehead atoms. The second-order valence-electron chi connectivity index (χ2n) is 7.10. The number of aromatic nitrogens is 1. The lowest BCUT2D eigenvalue weighted by molar-refractivity contribution is -0.118. The molecular formula is C22H21N3O3S. The maximum atomic E-state index is 12.5. The Morgan fingerprint density at radius 1 is 1.07 bits per heavy atom. The number of hydrogen-bond donors (Lipinski definition) is 0. The van der Waals surface area contributed by atoms with Crippen molar-refractivity contribution >= 4 is 39.3 Å². The first-order valence-electron chi connectivity index (χ1n) is 9.61. The van der Waals surface area contributed by atoms with E-state index in [2.05, 4.69) is 24.0 Å². The zero-order chi connectivity index (χ0) is 20.5. The fraction of sp³-hybridized carbons (Fsp3) is 0.273. The first-order chi connectivity index (χ1) is 14.0. The topological polar surface area (TPSA) is 71.7 Å². The maximum absolute atomic E-state index is 12.5. The molecule has 0 aliphatic carbocycles. The van der Waals surface area contributed by atoms with Crippen LogP contribution in [0.3, 0.4) is 0 Å². The van der Waals surface area contributed by atoms with Crippen LogP contribution in [-0.2, 0) is 18.3 Å². The van der Waals surface area contributed by atoms with Crippen LogP contribution in [0.5, 0.6) is 0 Å². The highest BCUT2D eigenvalue weighted by Gasteiger charge is 2.36. The van der Waals surface area contributed by atoms with Crippen molar-refractivity contribution in [1.29, 1.82) is 0 Å². The monoisotopic (exact) mass is 407 g/mol. The Balaban J connectivity index is 1.59. The number of fused-ring (bicyclic) bond motifs is 2. The molecule has 3 aromatic rings. The number of aryl methyl sites for hydroxylation is 2. The molecule has 2 heterocycles. The summed E-state index contributed by atoms with van der Waals surface area (Å²) in [4.78, 5) is 43.1. The molecule has 0 N–H and O–H groups in total. The number of carbonyl (C=O) groups excluding carboxylic acids is 3. The van der Waals surface area contributed by atoms with Crippen molar-refractivity contribution in [3.63, 3.8) is 0 Å². The van der Waals surface area contributed by atoms with Gasteiger partial charge in [-0.3, -0.25) is 19.3 Å². The van der Waals surface area contributed by atoms with E-state index in [-0.39, 0.29) is 6.54 Å². The van der Waals surface area contributed by atoms with Gasteiger partial charge in [0.25, 0.3) is 17.7 Å². The minimum atomic E-state index is -0.520. The highest BCUT2D eigenvalue weighted by atomic mass is 32.1. The number of imide groups is 1. The van der Waals surface area contributed by atoms with Crippen LogP contribution < -0.4 is 4.80 Å². The largest absolute Gasteiger partial charge is 0.319 e. The average Bonchev–Trinajstić information content (AvgIpc) is 3.15. The molecule has 0 fully saturated rings. The molecule has 6 nitrogen and oxygen atoms in total. The highest BCUT2D eigenvalue weighted by molar-refractivity contribution is 7.16. The summed E-state index contributed by atoms with van der Waals surface area (Å²) in [5.41, 5.74) is 2.93. The van der Waals surface area contributed by atoms with Crippen LogP contribution in [0, 0.1) is 0 Å². The van der Waals surface area contributed by atoms with E-state index in [1.807, 2.05) is 17.7 Å². The smallest absolute Gasteiger partial charge is 0.268 e. The minimum Gasteiger partial charge on any atom is -0.319 e. The molecule has 4 rings (SSSR count). The number of nitrogens with zero attached hydrogens (tertiary/aromatic N) is 3. The minimum absolute atomic E-state index is 0.331. The Morgan fingerprint density at radius 3 is 2.41 bits per heavy atom. The third-order valence-corrected chi connectivity index (χ3v) is 6.18. The van der Waals surface area contributed by atoms with Crippen LogP contribution in [-0.4, -0.2) is 33.7 Å². The second kappa shape index (κ2) is 7.75. The first kappa shape index (κ1) is 19.3. The lowest BCUT2D eigenvalue weighted by Gasteiger charge is -2.10. The number of carbonyl (C=O) groups is 3. The number of unbranched alkanes of at least 4 members (excludes halogenated alkanes) is 1. The summed E-state index contributed by atoms with van der Waals surface area (Å²) in [5, 5.41) is 0. The third kappa shape index (κ3) is 3.53. The van der Waals surface area contributed by atoms with Gasteiger partial charge >= 0.3 is 0 Å². The van der Waals surface area contributed by atoms with E-state index in [0.29, 0.717) is 15.9 Å². The van der Waals surface area contributed by atoms with Gasteiger partial charge < -0.3 is 4.57 Å². The van der Waals surface area contributed by atoms with Crippen LogP contribution >= 0.6 is 11.3 Å². The molecule has 1 aliphatic rings. The Bertz CT molecular complexity index is 1170. The Kier molecular flexibility index (Phi) is 5.15. The van der Waals surface area contributed by atoms with Crippen LogP contribution in [0.4, 0.5) is 0 Å². The molecule has 0 saturated heterocycles. The van der Waals surface area contributed by atoms with E-state index in [9.17, 15) is 14.4 Å². The van der Waals surface area contributed by atoms with E-state index >= 15 is 0 Å². The van der Waals surface area contributed by atoms with Gasteiger partial charge in [-0.1, -0.05) is 42.9 Å². The van der Waals surface area contributed by atoms with E-state index in [1.54, 1.807) is 24.3 Å². The molecule has 0 atom stereocenters. The Morgan fingerprint density at radius 2 is 1.76 bits per heavy atom. The molecule has 0 saturated carbocycles. The standard InChI is InChI=1S/C22H21N3O3S/c1-3-4-7-14-10-11-17-18(12-14)29-22(24(17)2)23-19(26)13-25-20(27)15-8-5-6-9-16(15)21(25)28/h5-6,8-12H,3-4,7,13H2,1-2H3. The molecule has 1 aliphatic heterocycles. The van der Waals surface area contributed by atoms with Crippen LogP contribution in [0.15, 0.2) is 47.5 Å². The van der Waals surface area contributed by atoms with Crippen LogP contribution in [0.25, 0.3) is 10.2 Å². The van der Waals surface area contributed by atoms with Gasteiger partial charge in [-0.2, -0.15) is 4.99 Å². The third-order valence-electron chi connectivity index (χ3n) is 5.08. The Labute approximate surface area is 172 Å². The second-order valence-corrected chi connectivity index (χ2v) is 8.11. The van der Waals surface area contributed by atoms with E-state index in [0.717, 1.165) is 34.4 Å². The summed E-state index contributed by atoms with van der Waals surface area (Å²) in [5.74, 6) is -1.42. The molecule has 29 heavy (non-hydrogen) atoms. The molecule has 3 amide bonds. The van der Waals surface area contributed by atoms with Crippen molar-refractivity contribution in [3.8, 4) is 0 Å². The summed E-state index contributed by atoms with van der Waals surface area (Å²) in [6, 6.07) is 12.9. The predicted molar refractivity (Wildman–Crippen MR) is 112 cm³/mol. The van der Waals surface area contributed by atoms with Crippen molar-refractivity contribution in [1.82, 2.24) is 9.47 Å². The number of hydrogen-bond acceptors (Lipinski definition) is 4. The van der Waals surface area contributed by atoms with Crippen molar-refractivity contribution in [2.24, 2.45) is 12.0 Å². The molecule has 0 spiro atoms. The average molecular weight is 407 g/mol. The highest BCUT2D eigenvalue weighted by Crippen LogP contribution is 2.22. The fourth-order valence-corrected chi connectivity index (χ4v) is 4.58. The zero-order valence-electron chi connectivity index (χ0n) is 16.3. The van der Waals surface area contributed by atoms with Crippen LogP contribution in [0.2, 0.25) is 0 Å². The van der Waals surface area contributed by atoms with Crippen molar-refractivity contribution in [2.75, 3.05) is 6.54 Å². The van der Waals surface area contributed by atoms with Gasteiger partial charge in [0.1, 0.15) is 6.54 Å². The van der Waals surface area contributed by atoms with Gasteiger partial charge in [-0.05, 0) is 42.7 Å². The van der Waals surface area contributed by atoms with E-state index < -0.39 is 17.7 Å². The predicted octanol–water partition coefficient (Wildman–Crippen LogP) is 3.31.